The summed E-state index contributed by atoms with van der Waals surface area (Å²) in [7, 11) is -2.06. The molecule has 1 heterocycles. The average Bonchev–Trinajstić information content (AvgIpc) is 3.14. The highest BCUT2D eigenvalue weighted by Crippen LogP contribution is 2.30. The van der Waals surface area contributed by atoms with Gasteiger partial charge in [-0.15, -0.1) is 11.3 Å². The van der Waals surface area contributed by atoms with E-state index in [-0.39, 0.29) is 16.8 Å². The van der Waals surface area contributed by atoms with Crippen LogP contribution >= 0.6 is 11.3 Å². The average molecular weight is 430 g/mol. The number of amides is 1. The zero-order chi connectivity index (χ0) is 21.2. The van der Waals surface area contributed by atoms with Crippen LogP contribution in [0.2, 0.25) is 0 Å². The first-order valence-electron chi connectivity index (χ1n) is 9.11. The number of anilines is 2. The lowest BCUT2D eigenvalue weighted by Gasteiger charge is -2.22. The van der Waals surface area contributed by atoms with Crippen molar-refractivity contribution in [3.8, 4) is 0 Å². The van der Waals surface area contributed by atoms with Gasteiger partial charge in [0.1, 0.15) is 0 Å². The topological polar surface area (TPSA) is 70.6 Å². The van der Waals surface area contributed by atoms with E-state index in [1.807, 2.05) is 56.5 Å². The maximum absolute atomic E-state index is 13.3. The van der Waals surface area contributed by atoms with Crippen molar-refractivity contribution in [3.05, 3.63) is 71.2 Å². The van der Waals surface area contributed by atoms with E-state index < -0.39 is 10.0 Å². The Bertz CT molecular complexity index is 1090. The van der Waals surface area contributed by atoms with E-state index in [9.17, 15) is 13.2 Å². The smallest absolute Gasteiger partial charge is 0.264 e. The maximum atomic E-state index is 13.3. The van der Waals surface area contributed by atoms with E-state index in [1.54, 1.807) is 24.1 Å². The molecule has 2 aromatic carbocycles. The number of benzene rings is 2. The number of carbonyl (C=O) groups is 1. The first kappa shape index (κ1) is 21.2. The summed E-state index contributed by atoms with van der Waals surface area (Å²) in [6, 6.07) is 15.1. The van der Waals surface area contributed by atoms with Crippen LogP contribution in [0.25, 0.3) is 0 Å². The highest BCUT2D eigenvalue weighted by molar-refractivity contribution is 7.89. The van der Waals surface area contributed by atoms with E-state index in [0.29, 0.717) is 16.4 Å². The van der Waals surface area contributed by atoms with Crippen molar-refractivity contribution in [3.63, 3.8) is 0 Å². The monoisotopic (exact) mass is 429 g/mol. The summed E-state index contributed by atoms with van der Waals surface area (Å²) in [6.45, 7) is 5.49. The van der Waals surface area contributed by atoms with Crippen molar-refractivity contribution in [2.45, 2.75) is 31.7 Å². The number of aromatic nitrogens is 1. The number of carbonyl (C=O) groups excluding carboxylic acids is 1. The van der Waals surface area contributed by atoms with Crippen molar-refractivity contribution in [1.82, 2.24) is 9.29 Å². The van der Waals surface area contributed by atoms with E-state index >= 15 is 0 Å². The Morgan fingerprint density at radius 1 is 1.03 bits per heavy atom. The van der Waals surface area contributed by atoms with Crippen molar-refractivity contribution in [2.24, 2.45) is 0 Å². The van der Waals surface area contributed by atoms with Crippen molar-refractivity contribution < 1.29 is 13.2 Å². The van der Waals surface area contributed by atoms with Gasteiger partial charge in [-0.2, -0.15) is 4.31 Å². The molecule has 152 valence electrons. The zero-order valence-corrected chi connectivity index (χ0v) is 18.4. The molecule has 8 heteroatoms. The molecule has 0 aliphatic heterocycles. The van der Waals surface area contributed by atoms with Crippen LogP contribution in [0.1, 0.15) is 29.9 Å². The Morgan fingerprint density at radius 2 is 1.66 bits per heavy atom. The number of para-hydroxylation sites is 1. The molecule has 0 N–H and O–H groups in total. The second kappa shape index (κ2) is 8.44. The lowest BCUT2D eigenvalue weighted by molar-refractivity contribution is 0.0999. The van der Waals surface area contributed by atoms with Gasteiger partial charge in [0.05, 0.1) is 16.3 Å². The predicted molar refractivity (Wildman–Crippen MR) is 116 cm³/mol. The summed E-state index contributed by atoms with van der Waals surface area (Å²) < 4.78 is 26.6. The molecule has 1 aromatic heterocycles. The molecule has 0 fully saturated rings. The molecule has 3 aromatic rings. The number of thiazole rings is 1. The fourth-order valence-electron chi connectivity index (χ4n) is 2.68. The second-order valence-electron chi connectivity index (χ2n) is 6.89. The minimum absolute atomic E-state index is 0.154. The van der Waals surface area contributed by atoms with Crippen LogP contribution in [0.15, 0.2) is 64.9 Å². The SMILES string of the molecule is Cc1csc(N(C(=O)c2ccc(S(=O)(=O)N(C)C(C)C)cc2)c2ccccc2)n1. The molecule has 1 amide bonds. The molecule has 0 radical (unpaired) electrons. The molecule has 0 bridgehead atoms. The van der Waals surface area contributed by atoms with Crippen LogP contribution in [0.3, 0.4) is 0 Å². The second-order valence-corrected chi connectivity index (χ2v) is 9.72. The summed E-state index contributed by atoms with van der Waals surface area (Å²) in [5.41, 5.74) is 1.91. The number of hydrogen-bond donors (Lipinski definition) is 0. The van der Waals surface area contributed by atoms with Gasteiger partial charge < -0.3 is 0 Å². The highest BCUT2D eigenvalue weighted by atomic mass is 32.2. The standard InChI is InChI=1S/C21H23N3O3S2/c1-15(2)23(4)29(26,27)19-12-10-17(11-13-19)20(25)24(18-8-6-5-7-9-18)21-22-16(3)14-28-21/h5-15H,1-4H3. The zero-order valence-electron chi connectivity index (χ0n) is 16.7. The Hall–Kier alpha value is -2.55. The van der Waals surface area contributed by atoms with E-state index in [1.165, 1.54) is 27.8 Å². The molecule has 0 spiro atoms. The van der Waals surface area contributed by atoms with Crippen LogP contribution in [-0.4, -0.2) is 36.7 Å². The first-order chi connectivity index (χ1) is 13.7. The van der Waals surface area contributed by atoms with Crippen molar-refractivity contribution >= 4 is 38.1 Å². The largest absolute Gasteiger partial charge is 0.268 e. The van der Waals surface area contributed by atoms with Gasteiger partial charge in [-0.25, -0.2) is 13.4 Å². The predicted octanol–water partition coefficient (Wildman–Crippen LogP) is 4.46. The lowest BCUT2D eigenvalue weighted by Crippen LogP contribution is -2.33. The van der Waals surface area contributed by atoms with Gasteiger partial charge in [0.2, 0.25) is 10.0 Å². The third kappa shape index (κ3) is 4.39. The third-order valence-electron chi connectivity index (χ3n) is 4.52. The minimum Gasteiger partial charge on any atom is -0.268 e. The Morgan fingerprint density at radius 3 is 2.17 bits per heavy atom. The highest BCUT2D eigenvalue weighted by Gasteiger charge is 2.25. The molecule has 0 aliphatic rings. The van der Waals surface area contributed by atoms with Crippen molar-refractivity contribution in [1.29, 1.82) is 0 Å². The summed E-state index contributed by atoms with van der Waals surface area (Å²) in [4.78, 5) is 19.4. The molecular weight excluding hydrogens is 406 g/mol. The van der Waals surface area contributed by atoms with E-state index in [0.717, 1.165) is 5.69 Å². The number of hydrogen-bond acceptors (Lipinski definition) is 5. The molecule has 0 unspecified atom stereocenters. The Kier molecular flexibility index (Phi) is 6.16. The first-order valence-corrected chi connectivity index (χ1v) is 11.4. The molecule has 3 rings (SSSR count). The van der Waals surface area contributed by atoms with Crippen LogP contribution < -0.4 is 4.90 Å². The normalized spacial score (nSPS) is 11.8. The van der Waals surface area contributed by atoms with Gasteiger partial charge >= 0.3 is 0 Å². The molecular formula is C21H23N3O3S2. The van der Waals surface area contributed by atoms with Gasteiger partial charge in [0, 0.05) is 24.0 Å². The summed E-state index contributed by atoms with van der Waals surface area (Å²) >= 11 is 1.38. The van der Waals surface area contributed by atoms with Crippen LogP contribution in [0.5, 0.6) is 0 Å². The number of rotatable bonds is 6. The quantitative estimate of drug-likeness (QED) is 0.580. The number of nitrogens with zero attached hydrogens (tertiary/aromatic N) is 3. The maximum Gasteiger partial charge on any atom is 0.264 e. The van der Waals surface area contributed by atoms with Crippen LogP contribution in [0.4, 0.5) is 10.8 Å². The van der Waals surface area contributed by atoms with Crippen molar-refractivity contribution in [2.75, 3.05) is 11.9 Å². The van der Waals surface area contributed by atoms with Crippen LogP contribution in [-0.2, 0) is 10.0 Å². The fraction of sp³-hybridized carbons (Fsp3) is 0.238. The number of sulfonamides is 1. The Labute approximate surface area is 175 Å². The summed E-state index contributed by atoms with van der Waals surface area (Å²) in [5.74, 6) is -0.272. The van der Waals surface area contributed by atoms with Gasteiger partial charge in [-0.3, -0.25) is 9.69 Å². The minimum atomic E-state index is -3.60. The molecule has 0 aliphatic carbocycles. The summed E-state index contributed by atoms with van der Waals surface area (Å²) in [5, 5.41) is 2.45. The molecule has 0 saturated heterocycles. The van der Waals surface area contributed by atoms with Gasteiger partial charge in [-0.1, -0.05) is 18.2 Å². The Balaban J connectivity index is 1.97. The lowest BCUT2D eigenvalue weighted by atomic mass is 10.2. The number of aryl methyl sites for hydroxylation is 1. The third-order valence-corrected chi connectivity index (χ3v) is 7.51. The fourth-order valence-corrected chi connectivity index (χ4v) is 4.87. The molecule has 6 nitrogen and oxygen atoms in total. The van der Waals surface area contributed by atoms with E-state index in [2.05, 4.69) is 4.98 Å². The van der Waals surface area contributed by atoms with E-state index in [4.69, 9.17) is 0 Å². The molecule has 0 atom stereocenters. The van der Waals surface area contributed by atoms with Gasteiger partial charge in [-0.05, 0) is 57.2 Å². The van der Waals surface area contributed by atoms with Gasteiger partial charge in [0.15, 0.2) is 5.13 Å². The van der Waals surface area contributed by atoms with Gasteiger partial charge in [0.25, 0.3) is 5.91 Å². The molecule has 29 heavy (non-hydrogen) atoms. The summed E-state index contributed by atoms with van der Waals surface area (Å²) in [6.07, 6.45) is 0. The molecule has 0 saturated carbocycles. The van der Waals surface area contributed by atoms with Crippen LogP contribution in [0, 0.1) is 6.92 Å².